The second-order valence-corrected chi connectivity index (χ2v) is 9.39. The molecule has 1 aromatic heterocycles. The van der Waals surface area contributed by atoms with Crippen LogP contribution in [0.5, 0.6) is 0 Å². The van der Waals surface area contributed by atoms with Gasteiger partial charge in [-0.1, -0.05) is 29.8 Å². The van der Waals surface area contributed by atoms with Gasteiger partial charge < -0.3 is 15.5 Å². The second-order valence-electron chi connectivity index (χ2n) is 7.95. The number of nitrogens with one attached hydrogen (secondary N) is 2. The maximum atomic E-state index is 12.5. The standard InChI is InChI=1S/C23H29ClN4O3S/c1-27(15-21(29)26-20-7-3-2-6-19(20)24)22(30)16-28-12-9-17(10-13-28)23(31)25-11-8-18-5-4-14-32-18/h2-7,14,17H,8-13,15-16H2,1H3,(H,25,31)(H,26,29). The van der Waals surface area contributed by atoms with Crippen LogP contribution in [-0.2, 0) is 20.8 Å². The number of rotatable bonds is 9. The highest BCUT2D eigenvalue weighted by Crippen LogP contribution is 2.20. The lowest BCUT2D eigenvalue weighted by molar-refractivity contribution is -0.134. The SMILES string of the molecule is CN(CC(=O)Nc1ccccc1Cl)C(=O)CN1CCC(C(=O)NCCc2cccs2)CC1. The molecule has 3 amide bonds. The third kappa shape index (κ3) is 7.32. The van der Waals surface area contributed by atoms with Crippen LogP contribution < -0.4 is 10.6 Å². The monoisotopic (exact) mass is 476 g/mol. The molecule has 7 nitrogen and oxygen atoms in total. The number of likely N-dealkylation sites (N-methyl/N-ethyl adjacent to an activating group) is 1. The lowest BCUT2D eigenvalue weighted by Crippen LogP contribution is -2.46. The van der Waals surface area contributed by atoms with Crippen molar-refractivity contribution >= 4 is 46.3 Å². The molecule has 0 aliphatic carbocycles. The van der Waals surface area contributed by atoms with Crippen molar-refractivity contribution < 1.29 is 14.4 Å². The summed E-state index contributed by atoms with van der Waals surface area (Å²) in [6, 6.07) is 11.1. The van der Waals surface area contributed by atoms with Gasteiger partial charge in [0, 0.05) is 24.4 Å². The predicted octanol–water partition coefficient (Wildman–Crippen LogP) is 2.87. The number of benzene rings is 1. The van der Waals surface area contributed by atoms with Crippen molar-refractivity contribution in [3.05, 3.63) is 51.7 Å². The van der Waals surface area contributed by atoms with E-state index in [0.29, 0.717) is 30.3 Å². The molecule has 172 valence electrons. The summed E-state index contributed by atoms with van der Waals surface area (Å²) in [5.41, 5.74) is 0.524. The average molecular weight is 477 g/mol. The minimum atomic E-state index is -0.299. The minimum Gasteiger partial charge on any atom is -0.355 e. The van der Waals surface area contributed by atoms with Crippen molar-refractivity contribution in [2.45, 2.75) is 19.3 Å². The van der Waals surface area contributed by atoms with Crippen molar-refractivity contribution in [3.8, 4) is 0 Å². The van der Waals surface area contributed by atoms with Gasteiger partial charge in [-0.05, 0) is 55.9 Å². The fourth-order valence-electron chi connectivity index (χ4n) is 3.63. The summed E-state index contributed by atoms with van der Waals surface area (Å²) in [5, 5.41) is 8.24. The zero-order valence-corrected chi connectivity index (χ0v) is 19.8. The van der Waals surface area contributed by atoms with Crippen LogP contribution >= 0.6 is 22.9 Å². The summed E-state index contributed by atoms with van der Waals surface area (Å²) >= 11 is 7.75. The van der Waals surface area contributed by atoms with Gasteiger partial charge in [0.2, 0.25) is 17.7 Å². The third-order valence-corrected chi connectivity index (χ3v) is 6.79. The molecule has 1 fully saturated rings. The van der Waals surface area contributed by atoms with Gasteiger partial charge in [0.15, 0.2) is 0 Å². The Hall–Kier alpha value is -2.42. The van der Waals surface area contributed by atoms with Gasteiger partial charge in [0.25, 0.3) is 0 Å². The molecule has 9 heteroatoms. The third-order valence-electron chi connectivity index (χ3n) is 5.52. The quantitative estimate of drug-likeness (QED) is 0.583. The van der Waals surface area contributed by atoms with Crippen LogP contribution in [0.25, 0.3) is 0 Å². The number of amides is 3. The molecule has 0 atom stereocenters. The van der Waals surface area contributed by atoms with Crippen LogP contribution in [0.3, 0.4) is 0 Å². The first-order valence-corrected chi connectivity index (χ1v) is 12.0. The van der Waals surface area contributed by atoms with Gasteiger partial charge in [-0.2, -0.15) is 0 Å². The first-order chi connectivity index (χ1) is 15.4. The van der Waals surface area contributed by atoms with E-state index < -0.39 is 0 Å². The molecule has 2 N–H and O–H groups in total. The minimum absolute atomic E-state index is 0.0104. The average Bonchev–Trinajstić information content (AvgIpc) is 3.29. The molecule has 2 aromatic rings. The van der Waals surface area contributed by atoms with Crippen LogP contribution in [0.15, 0.2) is 41.8 Å². The first kappa shape index (κ1) is 24.2. The predicted molar refractivity (Wildman–Crippen MR) is 128 cm³/mol. The van der Waals surface area contributed by atoms with Crippen LogP contribution in [0.1, 0.15) is 17.7 Å². The largest absolute Gasteiger partial charge is 0.355 e. The van der Waals surface area contributed by atoms with Gasteiger partial charge >= 0.3 is 0 Å². The van der Waals surface area contributed by atoms with Crippen molar-refractivity contribution in [2.24, 2.45) is 5.92 Å². The molecule has 1 aromatic carbocycles. The van der Waals surface area contributed by atoms with E-state index in [1.54, 1.807) is 42.6 Å². The van der Waals surface area contributed by atoms with Crippen LogP contribution in [-0.4, -0.2) is 67.3 Å². The first-order valence-electron chi connectivity index (χ1n) is 10.7. The van der Waals surface area contributed by atoms with E-state index in [1.165, 1.54) is 9.78 Å². The summed E-state index contributed by atoms with van der Waals surface area (Å²) in [6.07, 6.45) is 2.32. The maximum Gasteiger partial charge on any atom is 0.244 e. The maximum absolute atomic E-state index is 12.5. The van der Waals surface area contributed by atoms with Crippen molar-refractivity contribution in [3.63, 3.8) is 0 Å². The van der Waals surface area contributed by atoms with Crippen molar-refractivity contribution in [1.82, 2.24) is 15.1 Å². The number of hydrogen-bond donors (Lipinski definition) is 2. The van der Waals surface area contributed by atoms with Gasteiger partial charge in [-0.25, -0.2) is 0 Å². The summed E-state index contributed by atoms with van der Waals surface area (Å²) in [5.74, 6) is -0.338. The van der Waals surface area contributed by atoms with E-state index in [-0.39, 0.29) is 36.7 Å². The van der Waals surface area contributed by atoms with Gasteiger partial charge in [0.1, 0.15) is 0 Å². The number of anilines is 1. The van der Waals surface area contributed by atoms with E-state index in [1.807, 2.05) is 16.3 Å². The molecular formula is C23H29ClN4O3S. The van der Waals surface area contributed by atoms with Gasteiger partial charge in [-0.15, -0.1) is 11.3 Å². The highest BCUT2D eigenvalue weighted by Gasteiger charge is 2.26. The second kappa shape index (κ2) is 12.0. The fraction of sp³-hybridized carbons (Fsp3) is 0.435. The summed E-state index contributed by atoms with van der Waals surface area (Å²) in [6.45, 7) is 2.22. The Morgan fingerprint density at radius 2 is 1.91 bits per heavy atom. The number of likely N-dealkylation sites (tertiary alicyclic amines) is 1. The number of para-hydroxylation sites is 1. The molecule has 0 bridgehead atoms. The Morgan fingerprint density at radius 1 is 1.16 bits per heavy atom. The van der Waals surface area contributed by atoms with E-state index in [0.717, 1.165) is 19.3 Å². The Kier molecular flexibility index (Phi) is 9.08. The zero-order chi connectivity index (χ0) is 22.9. The Bertz CT molecular complexity index is 914. The number of carbonyl (C=O) groups is 3. The zero-order valence-electron chi connectivity index (χ0n) is 18.2. The molecule has 0 saturated carbocycles. The van der Waals surface area contributed by atoms with Gasteiger partial charge in [0.05, 0.1) is 23.8 Å². The van der Waals surface area contributed by atoms with E-state index in [9.17, 15) is 14.4 Å². The van der Waals surface area contributed by atoms with Crippen molar-refractivity contribution in [2.75, 3.05) is 45.1 Å². The molecule has 1 saturated heterocycles. The Balaban J connectivity index is 1.34. The fourth-order valence-corrected chi connectivity index (χ4v) is 4.52. The molecule has 1 aliphatic heterocycles. The smallest absolute Gasteiger partial charge is 0.244 e. The molecule has 0 unspecified atom stereocenters. The molecule has 1 aliphatic rings. The number of nitrogens with zero attached hydrogens (tertiary/aromatic N) is 2. The molecule has 0 radical (unpaired) electrons. The topological polar surface area (TPSA) is 81.8 Å². The molecule has 3 rings (SSSR count). The lowest BCUT2D eigenvalue weighted by Gasteiger charge is -2.31. The Labute approximate surface area is 197 Å². The Morgan fingerprint density at radius 3 is 2.59 bits per heavy atom. The van der Waals surface area contributed by atoms with Crippen LogP contribution in [0.2, 0.25) is 5.02 Å². The van der Waals surface area contributed by atoms with Crippen LogP contribution in [0, 0.1) is 5.92 Å². The molecule has 0 spiro atoms. The highest BCUT2D eigenvalue weighted by molar-refractivity contribution is 7.09. The molecular weight excluding hydrogens is 448 g/mol. The van der Waals surface area contributed by atoms with E-state index >= 15 is 0 Å². The van der Waals surface area contributed by atoms with Crippen molar-refractivity contribution in [1.29, 1.82) is 0 Å². The van der Waals surface area contributed by atoms with Crippen LogP contribution in [0.4, 0.5) is 5.69 Å². The number of hydrogen-bond acceptors (Lipinski definition) is 5. The normalized spacial score (nSPS) is 14.7. The number of carbonyl (C=O) groups excluding carboxylic acids is 3. The molecule has 32 heavy (non-hydrogen) atoms. The summed E-state index contributed by atoms with van der Waals surface area (Å²) in [7, 11) is 1.61. The van der Waals surface area contributed by atoms with E-state index in [4.69, 9.17) is 11.6 Å². The number of halogens is 1. The summed E-state index contributed by atoms with van der Waals surface area (Å²) in [4.78, 5) is 41.9. The number of thiophene rings is 1. The highest BCUT2D eigenvalue weighted by atomic mass is 35.5. The molecule has 2 heterocycles. The van der Waals surface area contributed by atoms with E-state index in [2.05, 4.69) is 16.7 Å². The number of piperidine rings is 1. The van der Waals surface area contributed by atoms with Gasteiger partial charge in [-0.3, -0.25) is 19.3 Å². The summed E-state index contributed by atoms with van der Waals surface area (Å²) < 4.78 is 0. The lowest BCUT2D eigenvalue weighted by atomic mass is 9.96.